The van der Waals surface area contributed by atoms with Gasteiger partial charge in [-0.1, -0.05) is 23.2 Å². The van der Waals surface area contributed by atoms with Crippen molar-refractivity contribution < 1.29 is 14.6 Å². The first-order chi connectivity index (χ1) is 14.5. The Bertz CT molecular complexity index is 1060. The molecule has 1 aliphatic rings. The van der Waals surface area contributed by atoms with Crippen LogP contribution in [0.4, 0.5) is 5.69 Å². The number of pyridine rings is 1. The number of aliphatic hydroxyl groups excluding tert-OH is 1. The molecule has 0 unspecified atom stereocenters. The van der Waals surface area contributed by atoms with Gasteiger partial charge in [0.15, 0.2) is 5.78 Å². The van der Waals surface area contributed by atoms with E-state index in [1.807, 2.05) is 6.07 Å². The SMILES string of the molecule is O=C(c1ccc(Cl)cc1)c1ccc(N2CC[C@H](Oc3ncccc3Cl)C2)c(CO)c1. The largest absolute Gasteiger partial charge is 0.471 e. The van der Waals surface area contributed by atoms with Gasteiger partial charge in [0.1, 0.15) is 11.1 Å². The molecule has 2 aromatic carbocycles. The van der Waals surface area contributed by atoms with E-state index < -0.39 is 0 Å². The Balaban J connectivity index is 1.50. The van der Waals surface area contributed by atoms with Crippen molar-refractivity contribution in [3.8, 4) is 5.88 Å². The molecule has 4 rings (SSSR count). The number of carbonyl (C=O) groups excluding carboxylic acids is 1. The van der Waals surface area contributed by atoms with Gasteiger partial charge in [-0.3, -0.25) is 4.79 Å². The lowest BCUT2D eigenvalue weighted by molar-refractivity contribution is 0.103. The predicted molar refractivity (Wildman–Crippen MR) is 118 cm³/mol. The number of anilines is 1. The van der Waals surface area contributed by atoms with E-state index in [9.17, 15) is 9.90 Å². The Hall–Kier alpha value is -2.60. The molecule has 1 aliphatic heterocycles. The van der Waals surface area contributed by atoms with Gasteiger partial charge >= 0.3 is 0 Å². The minimum atomic E-state index is -0.162. The zero-order chi connectivity index (χ0) is 21.1. The third-order valence-corrected chi connectivity index (χ3v) is 5.65. The van der Waals surface area contributed by atoms with Crippen LogP contribution in [0.25, 0.3) is 0 Å². The molecule has 30 heavy (non-hydrogen) atoms. The minimum absolute atomic E-state index is 0.0562. The van der Waals surface area contributed by atoms with Gasteiger partial charge in [0.05, 0.1) is 13.2 Å². The van der Waals surface area contributed by atoms with Crippen LogP contribution in [0, 0.1) is 0 Å². The van der Waals surface area contributed by atoms with Crippen LogP contribution in [0.1, 0.15) is 27.9 Å². The highest BCUT2D eigenvalue weighted by molar-refractivity contribution is 6.31. The number of hydrogen-bond acceptors (Lipinski definition) is 5. The first kappa shape index (κ1) is 20.7. The molecule has 1 fully saturated rings. The second-order valence-electron chi connectivity index (χ2n) is 7.10. The van der Waals surface area contributed by atoms with Crippen molar-refractivity contribution in [2.45, 2.75) is 19.1 Å². The number of nitrogens with zero attached hydrogens (tertiary/aromatic N) is 2. The van der Waals surface area contributed by atoms with E-state index in [0.717, 1.165) is 18.7 Å². The zero-order valence-corrected chi connectivity index (χ0v) is 17.6. The maximum atomic E-state index is 12.8. The van der Waals surface area contributed by atoms with Gasteiger partial charge in [-0.05, 0) is 54.6 Å². The first-order valence-electron chi connectivity index (χ1n) is 9.61. The fourth-order valence-electron chi connectivity index (χ4n) is 3.59. The molecule has 0 spiro atoms. The van der Waals surface area contributed by atoms with Crippen LogP contribution >= 0.6 is 23.2 Å². The third kappa shape index (κ3) is 4.43. The van der Waals surface area contributed by atoms with Gasteiger partial charge in [-0.15, -0.1) is 0 Å². The van der Waals surface area contributed by atoms with Crippen molar-refractivity contribution in [1.82, 2.24) is 4.98 Å². The molecule has 0 amide bonds. The number of hydrogen-bond donors (Lipinski definition) is 1. The Morgan fingerprint density at radius 2 is 1.90 bits per heavy atom. The standard InChI is InChI=1S/C23H20Cl2N2O3/c24-18-6-3-15(4-7-18)22(29)16-5-8-21(17(12-16)14-28)27-11-9-19(13-27)30-23-20(25)2-1-10-26-23/h1-8,10,12,19,28H,9,11,13-14H2/t19-/m0/s1. The number of ketones is 1. The lowest BCUT2D eigenvalue weighted by Crippen LogP contribution is -2.25. The van der Waals surface area contributed by atoms with Crippen LogP contribution in [0.5, 0.6) is 5.88 Å². The Labute approximate surface area is 184 Å². The summed E-state index contributed by atoms with van der Waals surface area (Å²) in [6.45, 7) is 1.25. The molecule has 154 valence electrons. The molecule has 0 saturated carbocycles. The highest BCUT2D eigenvalue weighted by Gasteiger charge is 2.27. The summed E-state index contributed by atoms with van der Waals surface area (Å²) in [6, 6.07) is 15.7. The molecule has 0 bridgehead atoms. The average Bonchev–Trinajstić information content (AvgIpc) is 3.23. The maximum Gasteiger partial charge on any atom is 0.232 e. The van der Waals surface area contributed by atoms with E-state index in [-0.39, 0.29) is 18.5 Å². The minimum Gasteiger partial charge on any atom is -0.471 e. The third-order valence-electron chi connectivity index (χ3n) is 5.11. The van der Waals surface area contributed by atoms with Crippen LogP contribution in [-0.2, 0) is 6.61 Å². The average molecular weight is 443 g/mol. The number of rotatable bonds is 6. The van der Waals surface area contributed by atoms with Crippen molar-refractivity contribution in [1.29, 1.82) is 0 Å². The topological polar surface area (TPSA) is 62.7 Å². The molecule has 1 aromatic heterocycles. The van der Waals surface area contributed by atoms with Crippen molar-refractivity contribution in [2.75, 3.05) is 18.0 Å². The summed E-state index contributed by atoms with van der Waals surface area (Å²) in [5.74, 6) is 0.317. The molecule has 1 saturated heterocycles. The summed E-state index contributed by atoms with van der Waals surface area (Å²) in [4.78, 5) is 19.1. The van der Waals surface area contributed by atoms with E-state index in [0.29, 0.717) is 39.2 Å². The number of halogens is 2. The van der Waals surface area contributed by atoms with Gasteiger partial charge in [-0.25, -0.2) is 4.98 Å². The highest BCUT2D eigenvalue weighted by Crippen LogP contribution is 2.29. The number of aliphatic hydroxyl groups is 1. The lowest BCUT2D eigenvalue weighted by atomic mass is 10.00. The lowest BCUT2D eigenvalue weighted by Gasteiger charge is -2.22. The van der Waals surface area contributed by atoms with E-state index in [2.05, 4.69) is 9.88 Å². The number of benzene rings is 2. The van der Waals surface area contributed by atoms with Gasteiger partial charge in [0.25, 0.3) is 0 Å². The fraction of sp³-hybridized carbons (Fsp3) is 0.217. The molecule has 2 heterocycles. The van der Waals surface area contributed by atoms with Crippen molar-refractivity contribution in [3.05, 3.63) is 87.5 Å². The number of carbonyl (C=O) groups is 1. The molecule has 7 heteroatoms. The summed E-state index contributed by atoms with van der Waals surface area (Å²) in [6.07, 6.45) is 2.40. The summed E-state index contributed by atoms with van der Waals surface area (Å²) in [5.41, 5.74) is 2.67. The van der Waals surface area contributed by atoms with E-state index in [1.54, 1.807) is 54.7 Å². The second kappa shape index (κ2) is 9.04. The monoisotopic (exact) mass is 442 g/mol. The zero-order valence-electron chi connectivity index (χ0n) is 16.1. The van der Waals surface area contributed by atoms with Gasteiger partial charge in [0.2, 0.25) is 5.88 Å². The van der Waals surface area contributed by atoms with Gasteiger partial charge in [-0.2, -0.15) is 0 Å². The van der Waals surface area contributed by atoms with E-state index >= 15 is 0 Å². The fourth-order valence-corrected chi connectivity index (χ4v) is 3.88. The predicted octanol–water partition coefficient (Wildman–Crippen LogP) is 4.77. The summed E-state index contributed by atoms with van der Waals surface area (Å²) >= 11 is 12.0. The van der Waals surface area contributed by atoms with Crippen LogP contribution in [0.15, 0.2) is 60.8 Å². The summed E-state index contributed by atoms with van der Waals surface area (Å²) < 4.78 is 5.95. The molecule has 5 nitrogen and oxygen atoms in total. The molecular formula is C23H20Cl2N2O3. The Morgan fingerprint density at radius 3 is 2.63 bits per heavy atom. The smallest absolute Gasteiger partial charge is 0.232 e. The Morgan fingerprint density at radius 1 is 1.13 bits per heavy atom. The van der Waals surface area contributed by atoms with Crippen molar-refractivity contribution in [3.63, 3.8) is 0 Å². The van der Waals surface area contributed by atoms with Gasteiger partial charge in [0, 0.05) is 46.6 Å². The molecule has 0 aliphatic carbocycles. The highest BCUT2D eigenvalue weighted by atomic mass is 35.5. The molecule has 3 aromatic rings. The molecular weight excluding hydrogens is 423 g/mol. The first-order valence-corrected chi connectivity index (χ1v) is 10.4. The van der Waals surface area contributed by atoms with Gasteiger partial charge < -0.3 is 14.7 Å². The molecule has 0 radical (unpaired) electrons. The molecule has 1 N–H and O–H groups in total. The van der Waals surface area contributed by atoms with Crippen LogP contribution in [-0.4, -0.2) is 35.1 Å². The summed E-state index contributed by atoms with van der Waals surface area (Å²) in [5, 5.41) is 11.0. The second-order valence-corrected chi connectivity index (χ2v) is 7.95. The van der Waals surface area contributed by atoms with E-state index in [4.69, 9.17) is 27.9 Å². The van der Waals surface area contributed by atoms with Crippen LogP contribution in [0.2, 0.25) is 10.0 Å². The summed E-state index contributed by atoms with van der Waals surface area (Å²) in [7, 11) is 0. The maximum absolute atomic E-state index is 12.8. The van der Waals surface area contributed by atoms with Crippen LogP contribution < -0.4 is 9.64 Å². The Kier molecular flexibility index (Phi) is 6.23. The van der Waals surface area contributed by atoms with E-state index in [1.165, 1.54) is 0 Å². The van der Waals surface area contributed by atoms with Crippen molar-refractivity contribution >= 4 is 34.7 Å². The number of aromatic nitrogens is 1. The quantitative estimate of drug-likeness (QED) is 0.557. The molecule has 1 atom stereocenters. The van der Waals surface area contributed by atoms with Crippen LogP contribution in [0.3, 0.4) is 0 Å². The number of ether oxygens (including phenoxy) is 1. The van der Waals surface area contributed by atoms with Crippen molar-refractivity contribution in [2.24, 2.45) is 0 Å². The normalized spacial score (nSPS) is 16.0.